The third kappa shape index (κ3) is 2.41. The number of pyridine rings is 1. The second kappa shape index (κ2) is 5.40. The minimum atomic E-state index is -0.139. The molecule has 0 aliphatic carbocycles. The van der Waals surface area contributed by atoms with Crippen LogP contribution < -0.4 is 0 Å². The van der Waals surface area contributed by atoms with Crippen molar-refractivity contribution in [3.63, 3.8) is 0 Å². The summed E-state index contributed by atoms with van der Waals surface area (Å²) in [5, 5.41) is 3.82. The van der Waals surface area contributed by atoms with E-state index >= 15 is 0 Å². The molecule has 3 rings (SSSR count). The third-order valence-electron chi connectivity index (χ3n) is 3.48. The van der Waals surface area contributed by atoms with E-state index in [-0.39, 0.29) is 11.9 Å². The van der Waals surface area contributed by atoms with E-state index in [1.807, 2.05) is 6.07 Å². The van der Waals surface area contributed by atoms with Crippen molar-refractivity contribution >= 4 is 5.91 Å². The van der Waals surface area contributed by atoms with Crippen LogP contribution in [0.5, 0.6) is 0 Å². The van der Waals surface area contributed by atoms with Gasteiger partial charge in [-0.15, -0.1) is 0 Å². The number of hydrogen-bond donors (Lipinski definition) is 0. The summed E-state index contributed by atoms with van der Waals surface area (Å²) in [7, 11) is 0. The molecule has 0 bridgehead atoms. The van der Waals surface area contributed by atoms with Crippen LogP contribution in [0.2, 0.25) is 0 Å². The number of piperidine rings is 1. The van der Waals surface area contributed by atoms with Gasteiger partial charge < -0.3 is 9.42 Å². The van der Waals surface area contributed by atoms with Crippen LogP contribution >= 0.6 is 0 Å². The Kier molecular flexibility index (Phi) is 3.45. The highest BCUT2D eigenvalue weighted by Gasteiger charge is 2.32. The van der Waals surface area contributed by atoms with Gasteiger partial charge in [-0.05, 0) is 38.3 Å². The van der Waals surface area contributed by atoms with Gasteiger partial charge in [0.2, 0.25) is 5.89 Å². The molecule has 104 valence electrons. The van der Waals surface area contributed by atoms with E-state index in [0.29, 0.717) is 24.0 Å². The van der Waals surface area contributed by atoms with E-state index < -0.39 is 0 Å². The van der Waals surface area contributed by atoms with E-state index in [4.69, 9.17) is 4.52 Å². The van der Waals surface area contributed by atoms with Crippen LogP contribution in [0, 0.1) is 6.92 Å². The Labute approximate surface area is 116 Å². The second-order valence-electron chi connectivity index (χ2n) is 4.90. The lowest BCUT2D eigenvalue weighted by atomic mass is 10.0. The number of likely N-dealkylation sites (tertiary alicyclic amines) is 1. The molecule has 20 heavy (non-hydrogen) atoms. The number of aromatic nitrogens is 3. The monoisotopic (exact) mass is 272 g/mol. The molecule has 2 aromatic rings. The fraction of sp³-hybridized carbons (Fsp3) is 0.429. The first-order valence-electron chi connectivity index (χ1n) is 6.78. The van der Waals surface area contributed by atoms with Crippen molar-refractivity contribution in [3.8, 4) is 0 Å². The van der Waals surface area contributed by atoms with E-state index in [2.05, 4.69) is 15.1 Å². The molecule has 3 heterocycles. The Bertz CT molecular complexity index is 596. The lowest BCUT2D eigenvalue weighted by molar-refractivity contribution is 0.0555. The van der Waals surface area contributed by atoms with Crippen molar-refractivity contribution in [1.29, 1.82) is 0 Å². The molecule has 6 heteroatoms. The van der Waals surface area contributed by atoms with Crippen LogP contribution in [-0.4, -0.2) is 32.5 Å². The topological polar surface area (TPSA) is 72.1 Å². The zero-order valence-electron chi connectivity index (χ0n) is 11.3. The average Bonchev–Trinajstić information content (AvgIpc) is 2.94. The van der Waals surface area contributed by atoms with Crippen molar-refractivity contribution in [2.45, 2.75) is 32.2 Å². The molecule has 6 nitrogen and oxygen atoms in total. The Morgan fingerprint density at radius 1 is 1.40 bits per heavy atom. The van der Waals surface area contributed by atoms with Crippen molar-refractivity contribution in [2.75, 3.05) is 6.54 Å². The van der Waals surface area contributed by atoms with Gasteiger partial charge in [-0.3, -0.25) is 9.78 Å². The highest BCUT2D eigenvalue weighted by molar-refractivity contribution is 5.92. The fourth-order valence-electron chi connectivity index (χ4n) is 2.52. The number of rotatable bonds is 2. The van der Waals surface area contributed by atoms with Crippen molar-refractivity contribution in [2.24, 2.45) is 0 Å². The number of aryl methyl sites for hydroxylation is 1. The maximum Gasteiger partial charge on any atom is 0.273 e. The van der Waals surface area contributed by atoms with Gasteiger partial charge in [0.1, 0.15) is 11.7 Å². The fourth-order valence-corrected chi connectivity index (χ4v) is 2.52. The molecule has 1 saturated heterocycles. The first-order valence-corrected chi connectivity index (χ1v) is 6.78. The maximum atomic E-state index is 12.6. The lowest BCUT2D eigenvalue weighted by Crippen LogP contribution is -2.39. The summed E-state index contributed by atoms with van der Waals surface area (Å²) in [5.74, 6) is 1.04. The highest BCUT2D eigenvalue weighted by atomic mass is 16.5. The van der Waals surface area contributed by atoms with Gasteiger partial charge in [0.25, 0.3) is 5.91 Å². The summed E-state index contributed by atoms with van der Waals surface area (Å²) < 4.78 is 5.24. The number of carbonyl (C=O) groups excluding carboxylic acids is 1. The van der Waals surface area contributed by atoms with Crippen LogP contribution in [0.15, 0.2) is 28.9 Å². The van der Waals surface area contributed by atoms with Gasteiger partial charge in [-0.1, -0.05) is 11.2 Å². The summed E-state index contributed by atoms with van der Waals surface area (Å²) in [6.07, 6.45) is 4.52. The molecule has 0 radical (unpaired) electrons. The smallest absolute Gasteiger partial charge is 0.273 e. The molecule has 1 fully saturated rings. The molecular formula is C14H16N4O2. The number of carbonyl (C=O) groups is 1. The van der Waals surface area contributed by atoms with Crippen LogP contribution in [0.25, 0.3) is 0 Å². The quantitative estimate of drug-likeness (QED) is 0.837. The molecule has 0 unspecified atom stereocenters. The van der Waals surface area contributed by atoms with Crippen LogP contribution in [0.1, 0.15) is 47.5 Å². The molecule has 0 spiro atoms. The SMILES string of the molecule is Cc1noc([C@@H]2CCCCN2C(=O)c2ccccn2)n1. The summed E-state index contributed by atoms with van der Waals surface area (Å²) >= 11 is 0. The van der Waals surface area contributed by atoms with Crippen LogP contribution in [-0.2, 0) is 0 Å². The molecule has 0 aromatic carbocycles. The Balaban J connectivity index is 1.87. The largest absolute Gasteiger partial charge is 0.337 e. The zero-order valence-corrected chi connectivity index (χ0v) is 11.3. The van der Waals surface area contributed by atoms with Gasteiger partial charge in [0.15, 0.2) is 5.82 Å². The Morgan fingerprint density at radius 3 is 3.00 bits per heavy atom. The predicted octanol–water partition coefficient (Wildman–Crippen LogP) is 2.14. The summed E-state index contributed by atoms with van der Waals surface area (Å²) in [4.78, 5) is 22.8. The van der Waals surface area contributed by atoms with Crippen LogP contribution in [0.3, 0.4) is 0 Å². The molecule has 1 atom stereocenters. The van der Waals surface area contributed by atoms with Gasteiger partial charge in [0, 0.05) is 12.7 Å². The summed E-state index contributed by atoms with van der Waals surface area (Å²) in [6.45, 7) is 2.47. The maximum absolute atomic E-state index is 12.6. The van der Waals surface area contributed by atoms with Gasteiger partial charge in [-0.2, -0.15) is 4.98 Å². The van der Waals surface area contributed by atoms with E-state index in [0.717, 1.165) is 19.3 Å². The summed E-state index contributed by atoms with van der Waals surface area (Å²) in [6, 6.07) is 5.20. The molecule has 2 aromatic heterocycles. The third-order valence-corrected chi connectivity index (χ3v) is 3.48. The summed E-state index contributed by atoms with van der Waals surface area (Å²) in [5.41, 5.74) is 0.454. The first kappa shape index (κ1) is 12.8. The number of amides is 1. The van der Waals surface area contributed by atoms with E-state index in [1.165, 1.54) is 0 Å². The Morgan fingerprint density at radius 2 is 2.30 bits per heavy atom. The molecule has 1 amide bonds. The Hall–Kier alpha value is -2.24. The molecular weight excluding hydrogens is 256 g/mol. The molecule has 0 saturated carbocycles. The van der Waals surface area contributed by atoms with Crippen molar-refractivity contribution < 1.29 is 9.32 Å². The second-order valence-corrected chi connectivity index (χ2v) is 4.90. The lowest BCUT2D eigenvalue weighted by Gasteiger charge is -2.33. The molecule has 1 aliphatic rings. The minimum Gasteiger partial charge on any atom is -0.337 e. The minimum absolute atomic E-state index is 0.0776. The molecule has 1 aliphatic heterocycles. The molecule has 0 N–H and O–H groups in total. The number of hydrogen-bond acceptors (Lipinski definition) is 5. The van der Waals surface area contributed by atoms with Gasteiger partial charge >= 0.3 is 0 Å². The van der Waals surface area contributed by atoms with Crippen molar-refractivity contribution in [3.05, 3.63) is 41.8 Å². The predicted molar refractivity (Wildman–Crippen MR) is 70.9 cm³/mol. The van der Waals surface area contributed by atoms with E-state index in [9.17, 15) is 4.79 Å². The van der Waals surface area contributed by atoms with Crippen molar-refractivity contribution in [1.82, 2.24) is 20.0 Å². The zero-order chi connectivity index (χ0) is 13.9. The average molecular weight is 272 g/mol. The normalized spacial score (nSPS) is 19.1. The number of nitrogens with zero attached hydrogens (tertiary/aromatic N) is 4. The van der Waals surface area contributed by atoms with E-state index in [1.54, 1.807) is 30.2 Å². The standard InChI is InChI=1S/C14H16N4O2/c1-10-16-13(20-17-10)12-7-3-5-9-18(12)14(19)11-6-2-4-8-15-11/h2,4,6,8,12H,3,5,7,9H2,1H3/t12-/m0/s1. The van der Waals surface area contributed by atoms with Gasteiger partial charge in [0.05, 0.1) is 0 Å². The highest BCUT2D eigenvalue weighted by Crippen LogP contribution is 2.30. The van der Waals surface area contributed by atoms with Crippen LogP contribution in [0.4, 0.5) is 0 Å². The first-order chi connectivity index (χ1) is 9.75. The van der Waals surface area contributed by atoms with Gasteiger partial charge in [-0.25, -0.2) is 0 Å².